The molecule has 5 nitrogen and oxygen atoms in total. The topological polar surface area (TPSA) is 98.0 Å². The van der Waals surface area contributed by atoms with Gasteiger partial charge in [-0.1, -0.05) is 129 Å². The van der Waals surface area contributed by atoms with Crippen molar-refractivity contribution in [1.82, 2.24) is 0 Å². The number of carboxylic acid groups (broad SMARTS) is 1. The number of carboxylic acids is 1. The molecule has 0 spiro atoms. The summed E-state index contributed by atoms with van der Waals surface area (Å²) in [7, 11) is 0. The van der Waals surface area contributed by atoms with Crippen LogP contribution in [0.1, 0.15) is 40.0 Å². The van der Waals surface area contributed by atoms with Gasteiger partial charge in [0.05, 0.1) is 18.3 Å². The molecule has 0 amide bonds. The van der Waals surface area contributed by atoms with Gasteiger partial charge >= 0.3 is 5.97 Å². The van der Waals surface area contributed by atoms with Crippen LogP contribution in [0, 0.1) is 11.8 Å². The Hall–Kier alpha value is -3.25. The monoisotopic (exact) mass is 508 g/mol. The summed E-state index contributed by atoms with van der Waals surface area (Å²) in [6, 6.07) is 0. The van der Waals surface area contributed by atoms with Crippen molar-refractivity contribution in [2.75, 3.05) is 0 Å². The predicted octanol–water partition coefficient (Wildman–Crippen LogP) is 6.18. The van der Waals surface area contributed by atoms with Gasteiger partial charge in [-0.2, -0.15) is 0 Å². The van der Waals surface area contributed by atoms with Crippen molar-refractivity contribution >= 4 is 5.97 Å². The number of aliphatic hydroxyl groups excluding tert-OH is 3. The minimum Gasteiger partial charge on any atom is -0.478 e. The van der Waals surface area contributed by atoms with Crippen LogP contribution in [0.15, 0.2) is 122 Å². The highest BCUT2D eigenvalue weighted by molar-refractivity contribution is 5.80. The lowest BCUT2D eigenvalue weighted by Gasteiger charge is -2.25. The lowest BCUT2D eigenvalue weighted by atomic mass is 9.88. The third-order valence-electron chi connectivity index (χ3n) is 5.19. The van der Waals surface area contributed by atoms with Crippen molar-refractivity contribution in [2.45, 2.75) is 58.3 Å². The molecule has 0 fully saturated rings. The van der Waals surface area contributed by atoms with Crippen molar-refractivity contribution in [3.8, 4) is 0 Å². The molecule has 37 heavy (non-hydrogen) atoms. The Labute approximate surface area is 222 Å². The zero-order chi connectivity index (χ0) is 27.7. The van der Waals surface area contributed by atoms with Crippen molar-refractivity contribution in [1.29, 1.82) is 0 Å². The van der Waals surface area contributed by atoms with Gasteiger partial charge in [-0.25, -0.2) is 4.79 Å². The van der Waals surface area contributed by atoms with Gasteiger partial charge in [0.25, 0.3) is 0 Å². The van der Waals surface area contributed by atoms with Crippen molar-refractivity contribution < 1.29 is 25.2 Å². The highest BCUT2D eigenvalue weighted by atomic mass is 16.4. The molecule has 5 heteroatoms. The molecule has 0 bridgehead atoms. The molecule has 0 saturated heterocycles. The Morgan fingerprint density at radius 2 is 1.11 bits per heavy atom. The van der Waals surface area contributed by atoms with Gasteiger partial charge < -0.3 is 20.4 Å². The van der Waals surface area contributed by atoms with Gasteiger partial charge in [-0.15, -0.1) is 0 Å². The fraction of sp³-hybridized carbons (Fsp3) is 0.344. The zero-order valence-corrected chi connectivity index (χ0v) is 22.3. The van der Waals surface area contributed by atoms with E-state index in [0.29, 0.717) is 6.42 Å². The van der Waals surface area contributed by atoms with Gasteiger partial charge in [-0.05, 0) is 26.2 Å². The minimum absolute atomic E-state index is 0.0779. The maximum Gasteiger partial charge on any atom is 0.328 e. The molecular formula is C32H44O5. The van der Waals surface area contributed by atoms with E-state index in [2.05, 4.69) is 0 Å². The van der Waals surface area contributed by atoms with Crippen LogP contribution in [0.5, 0.6) is 0 Å². The minimum atomic E-state index is -0.970. The molecule has 5 atom stereocenters. The molecular weight excluding hydrogens is 464 g/mol. The molecule has 0 saturated carbocycles. The summed E-state index contributed by atoms with van der Waals surface area (Å²) in [5.74, 6) is -1.35. The first-order valence-corrected chi connectivity index (χ1v) is 12.7. The largest absolute Gasteiger partial charge is 0.478 e. The predicted molar refractivity (Wildman–Crippen MR) is 155 cm³/mol. The summed E-state index contributed by atoms with van der Waals surface area (Å²) >= 11 is 0. The molecule has 0 rings (SSSR count). The van der Waals surface area contributed by atoms with E-state index < -0.39 is 18.2 Å². The van der Waals surface area contributed by atoms with E-state index in [4.69, 9.17) is 10.2 Å². The fourth-order valence-corrected chi connectivity index (χ4v) is 2.96. The van der Waals surface area contributed by atoms with Gasteiger partial charge in [0.1, 0.15) is 0 Å². The number of hydrogen-bond acceptors (Lipinski definition) is 4. The first-order valence-electron chi connectivity index (χ1n) is 12.7. The summed E-state index contributed by atoms with van der Waals surface area (Å²) in [6.45, 7) is 5.53. The summed E-state index contributed by atoms with van der Waals surface area (Å²) in [6.07, 6.45) is 36.8. The summed E-state index contributed by atoms with van der Waals surface area (Å²) in [4.78, 5) is 10.3. The number of hydrogen-bond donors (Lipinski definition) is 4. The Bertz CT molecular complexity index is 894. The first kappa shape index (κ1) is 33.8. The second-order valence-corrected chi connectivity index (χ2v) is 8.65. The number of allylic oxidation sites excluding steroid dienone is 16. The van der Waals surface area contributed by atoms with Crippen LogP contribution in [-0.4, -0.2) is 44.7 Å². The van der Waals surface area contributed by atoms with Crippen LogP contribution in [0.4, 0.5) is 0 Å². The quantitative estimate of drug-likeness (QED) is 0.0767. The second-order valence-electron chi connectivity index (χ2n) is 8.65. The van der Waals surface area contributed by atoms with Crippen LogP contribution >= 0.6 is 0 Å². The van der Waals surface area contributed by atoms with E-state index in [9.17, 15) is 15.0 Å². The molecule has 4 N–H and O–H groups in total. The van der Waals surface area contributed by atoms with Crippen LogP contribution < -0.4 is 0 Å². The highest BCUT2D eigenvalue weighted by Gasteiger charge is 2.24. The maximum absolute atomic E-state index is 10.6. The SMILES string of the molecule is CC(O)CC=CC=CC=CC=CC=CC(O)C(C)C(O)C(C)C=CCCC=CC=CC=CC=CC(=O)O. The lowest BCUT2D eigenvalue weighted by Crippen LogP contribution is -2.32. The molecule has 5 unspecified atom stereocenters. The first-order chi connectivity index (χ1) is 17.8. The van der Waals surface area contributed by atoms with Crippen molar-refractivity contribution in [2.24, 2.45) is 11.8 Å². The molecule has 0 heterocycles. The molecule has 0 aliphatic carbocycles. The van der Waals surface area contributed by atoms with Crippen LogP contribution in [-0.2, 0) is 4.79 Å². The number of rotatable bonds is 18. The van der Waals surface area contributed by atoms with Crippen molar-refractivity contribution in [3.05, 3.63) is 122 Å². The average molecular weight is 509 g/mol. The van der Waals surface area contributed by atoms with Crippen molar-refractivity contribution in [3.63, 3.8) is 0 Å². The second kappa shape index (κ2) is 23.2. The zero-order valence-electron chi connectivity index (χ0n) is 22.3. The smallest absolute Gasteiger partial charge is 0.328 e. The average Bonchev–Trinajstić information content (AvgIpc) is 2.86. The third-order valence-corrected chi connectivity index (χ3v) is 5.19. The van der Waals surface area contributed by atoms with Gasteiger partial charge in [-0.3, -0.25) is 0 Å². The van der Waals surface area contributed by atoms with Gasteiger partial charge in [0.2, 0.25) is 0 Å². The fourth-order valence-electron chi connectivity index (χ4n) is 2.96. The Morgan fingerprint density at radius 1 is 0.622 bits per heavy atom. The molecule has 0 aromatic heterocycles. The summed E-state index contributed by atoms with van der Waals surface area (Å²) < 4.78 is 0. The molecule has 0 aromatic rings. The highest BCUT2D eigenvalue weighted by Crippen LogP contribution is 2.19. The molecule has 0 aromatic carbocycles. The number of unbranched alkanes of at least 4 members (excludes halogenated alkanes) is 1. The van der Waals surface area contributed by atoms with E-state index >= 15 is 0 Å². The Balaban J connectivity index is 4.30. The normalized spacial score (nSPS) is 18.0. The number of aliphatic carboxylic acids is 1. The van der Waals surface area contributed by atoms with E-state index in [1.807, 2.05) is 98.9 Å². The molecule has 202 valence electrons. The standard InChI is InChI=1S/C32H44O5/c1-27(23-19-15-11-7-4-5-10-14-18-22-26-31(35)36)32(37)29(3)30(34)25-21-17-13-9-6-8-12-16-20-24-28(2)33/h4-10,12-14,16-23,25-30,32-34,37H,11,15,24H2,1-3H3,(H,35,36). The molecule has 0 radical (unpaired) electrons. The van der Waals surface area contributed by atoms with E-state index in [1.165, 1.54) is 6.08 Å². The maximum atomic E-state index is 10.6. The summed E-state index contributed by atoms with van der Waals surface area (Å²) in [5, 5.41) is 38.6. The van der Waals surface area contributed by atoms with E-state index in [-0.39, 0.29) is 17.9 Å². The Kier molecular flexibility index (Phi) is 21.1. The molecule has 0 aliphatic rings. The van der Waals surface area contributed by atoms with Crippen LogP contribution in [0.25, 0.3) is 0 Å². The number of aliphatic hydroxyl groups is 3. The van der Waals surface area contributed by atoms with Gasteiger partial charge in [0.15, 0.2) is 0 Å². The molecule has 0 aliphatic heterocycles. The lowest BCUT2D eigenvalue weighted by molar-refractivity contribution is -0.131. The van der Waals surface area contributed by atoms with E-state index in [1.54, 1.807) is 31.2 Å². The van der Waals surface area contributed by atoms with Crippen LogP contribution in [0.2, 0.25) is 0 Å². The van der Waals surface area contributed by atoms with Gasteiger partial charge in [0, 0.05) is 17.9 Å². The summed E-state index contributed by atoms with van der Waals surface area (Å²) in [5.41, 5.74) is 0. The van der Waals surface area contributed by atoms with E-state index in [0.717, 1.165) is 18.9 Å². The van der Waals surface area contributed by atoms with Crippen LogP contribution in [0.3, 0.4) is 0 Å². The number of carbonyl (C=O) groups is 1. The third kappa shape index (κ3) is 21.7. The Morgan fingerprint density at radius 3 is 1.68 bits per heavy atom.